The van der Waals surface area contributed by atoms with E-state index in [1.807, 2.05) is 0 Å². The largest absolute Gasteiger partial charge is 0.497 e. The highest BCUT2D eigenvalue weighted by Gasteiger charge is 2.18. The molecule has 104 valence electrons. The van der Waals surface area contributed by atoms with Gasteiger partial charge in [0.05, 0.1) is 12.8 Å². The maximum atomic E-state index is 13.5. The van der Waals surface area contributed by atoms with Crippen molar-refractivity contribution in [3.63, 3.8) is 0 Å². The number of hydrogen-bond acceptors (Lipinski definition) is 5. The van der Waals surface area contributed by atoms with Crippen LogP contribution in [-0.4, -0.2) is 29.2 Å². The summed E-state index contributed by atoms with van der Waals surface area (Å²) in [6, 6.07) is 4.74. The van der Waals surface area contributed by atoms with Crippen LogP contribution >= 0.6 is 0 Å². The zero-order chi connectivity index (χ0) is 14.7. The van der Waals surface area contributed by atoms with Crippen LogP contribution in [0.3, 0.4) is 0 Å². The molecule has 0 aliphatic carbocycles. The number of aromatic carboxylic acids is 1. The Morgan fingerprint density at radius 2 is 2.15 bits per heavy atom. The lowest BCUT2D eigenvalue weighted by molar-refractivity contribution is 0.0651. The molecule has 0 spiro atoms. The van der Waals surface area contributed by atoms with Crippen LogP contribution in [0.25, 0.3) is 0 Å². The molecule has 2 aromatic rings. The van der Waals surface area contributed by atoms with Gasteiger partial charge in [-0.15, -0.1) is 0 Å². The normalized spacial score (nSPS) is 10.1. The number of halogens is 1. The van der Waals surface area contributed by atoms with E-state index >= 15 is 0 Å². The van der Waals surface area contributed by atoms with Gasteiger partial charge in [-0.25, -0.2) is 9.18 Å². The molecule has 1 aromatic heterocycles. The second kappa shape index (κ2) is 5.39. The maximum Gasteiger partial charge on any atom is 0.374 e. The number of methoxy groups -OCH3 is 1. The van der Waals surface area contributed by atoms with E-state index in [4.69, 9.17) is 9.84 Å². The summed E-state index contributed by atoms with van der Waals surface area (Å²) in [4.78, 5) is 22.4. The van der Waals surface area contributed by atoms with Crippen molar-refractivity contribution in [3.05, 3.63) is 41.5 Å². The molecule has 2 N–H and O–H groups in total. The summed E-state index contributed by atoms with van der Waals surface area (Å²) in [6.45, 7) is 0. The van der Waals surface area contributed by atoms with Crippen LogP contribution in [-0.2, 0) is 0 Å². The van der Waals surface area contributed by atoms with E-state index in [0.29, 0.717) is 5.75 Å². The van der Waals surface area contributed by atoms with E-state index in [1.165, 1.54) is 19.2 Å². The van der Waals surface area contributed by atoms with Crippen LogP contribution in [0.5, 0.6) is 5.75 Å². The molecule has 0 unspecified atom stereocenters. The Kier molecular flexibility index (Phi) is 3.65. The molecule has 0 aliphatic rings. The number of carboxylic acid groups (broad SMARTS) is 1. The molecular weight excluding hydrogens is 271 g/mol. The quantitative estimate of drug-likeness (QED) is 0.885. The summed E-state index contributed by atoms with van der Waals surface area (Å²) in [5.74, 6) is -2.95. The SMILES string of the molecule is COc1ccc(F)c(NC(=O)c2cc(C(=O)O)on2)c1. The van der Waals surface area contributed by atoms with Gasteiger partial charge >= 0.3 is 5.97 Å². The molecule has 0 radical (unpaired) electrons. The van der Waals surface area contributed by atoms with Crippen molar-refractivity contribution < 1.29 is 28.3 Å². The Bertz CT molecular complexity index is 668. The smallest absolute Gasteiger partial charge is 0.374 e. The van der Waals surface area contributed by atoms with Crippen LogP contribution < -0.4 is 10.1 Å². The molecule has 1 heterocycles. The van der Waals surface area contributed by atoms with Crippen LogP contribution in [0, 0.1) is 5.82 Å². The van der Waals surface area contributed by atoms with Crippen LogP contribution in [0.4, 0.5) is 10.1 Å². The van der Waals surface area contributed by atoms with Gasteiger partial charge in [0, 0.05) is 12.1 Å². The van der Waals surface area contributed by atoms with Crippen molar-refractivity contribution in [1.82, 2.24) is 5.16 Å². The molecule has 0 saturated heterocycles. The number of anilines is 1. The van der Waals surface area contributed by atoms with Crippen molar-refractivity contribution in [2.75, 3.05) is 12.4 Å². The van der Waals surface area contributed by atoms with Gasteiger partial charge < -0.3 is 19.7 Å². The van der Waals surface area contributed by atoms with Gasteiger partial charge in [-0.2, -0.15) is 0 Å². The van der Waals surface area contributed by atoms with Gasteiger partial charge in [-0.05, 0) is 12.1 Å². The maximum absolute atomic E-state index is 13.5. The fourth-order valence-corrected chi connectivity index (χ4v) is 1.40. The molecule has 7 nitrogen and oxygen atoms in total. The lowest BCUT2D eigenvalue weighted by Gasteiger charge is -2.06. The third-order valence-electron chi connectivity index (χ3n) is 2.38. The lowest BCUT2D eigenvalue weighted by atomic mass is 10.2. The summed E-state index contributed by atoms with van der Waals surface area (Å²) in [5.41, 5.74) is -0.390. The van der Waals surface area contributed by atoms with Crippen LogP contribution in [0.15, 0.2) is 28.8 Å². The molecule has 0 aliphatic heterocycles. The minimum atomic E-state index is -1.36. The van der Waals surface area contributed by atoms with Crippen molar-refractivity contribution in [2.24, 2.45) is 0 Å². The number of carbonyl (C=O) groups is 2. The van der Waals surface area contributed by atoms with E-state index < -0.39 is 23.5 Å². The number of hydrogen-bond donors (Lipinski definition) is 2. The van der Waals surface area contributed by atoms with Gasteiger partial charge in [-0.1, -0.05) is 5.16 Å². The Morgan fingerprint density at radius 1 is 1.40 bits per heavy atom. The number of amides is 1. The molecule has 1 aromatic carbocycles. The first-order valence-electron chi connectivity index (χ1n) is 5.36. The standard InChI is InChI=1S/C12H9FN2O5/c1-19-6-2-3-7(13)8(4-6)14-11(16)9-5-10(12(17)18)20-15-9/h2-5H,1H3,(H,14,16)(H,17,18). The van der Waals surface area contributed by atoms with Crippen molar-refractivity contribution >= 4 is 17.6 Å². The minimum absolute atomic E-state index is 0.116. The Morgan fingerprint density at radius 3 is 2.75 bits per heavy atom. The second-order valence-electron chi connectivity index (χ2n) is 3.68. The van der Waals surface area contributed by atoms with E-state index in [2.05, 4.69) is 15.0 Å². The van der Waals surface area contributed by atoms with Crippen molar-refractivity contribution in [2.45, 2.75) is 0 Å². The molecule has 2 rings (SSSR count). The van der Waals surface area contributed by atoms with Gasteiger partial charge in [0.2, 0.25) is 5.76 Å². The fraction of sp³-hybridized carbons (Fsp3) is 0.0833. The number of aromatic nitrogens is 1. The van der Waals surface area contributed by atoms with Crippen LogP contribution in [0.1, 0.15) is 21.0 Å². The molecule has 0 fully saturated rings. The Balaban J connectivity index is 2.20. The molecule has 1 amide bonds. The fourth-order valence-electron chi connectivity index (χ4n) is 1.40. The summed E-state index contributed by atoms with van der Waals surface area (Å²) in [7, 11) is 1.40. The van der Waals surface area contributed by atoms with E-state index in [1.54, 1.807) is 0 Å². The predicted molar refractivity (Wildman–Crippen MR) is 64.4 cm³/mol. The molecule has 0 bridgehead atoms. The monoisotopic (exact) mass is 280 g/mol. The highest BCUT2D eigenvalue weighted by molar-refractivity contribution is 6.03. The van der Waals surface area contributed by atoms with E-state index in [0.717, 1.165) is 12.1 Å². The van der Waals surface area contributed by atoms with Crippen molar-refractivity contribution in [3.8, 4) is 5.75 Å². The first-order chi connectivity index (χ1) is 9.51. The molecule has 8 heteroatoms. The average molecular weight is 280 g/mol. The summed E-state index contributed by atoms with van der Waals surface area (Å²) >= 11 is 0. The first kappa shape index (κ1) is 13.5. The number of rotatable bonds is 4. The van der Waals surface area contributed by atoms with E-state index in [9.17, 15) is 14.0 Å². The summed E-state index contributed by atoms with van der Waals surface area (Å²) in [5, 5.41) is 14.2. The third-order valence-corrected chi connectivity index (χ3v) is 2.38. The average Bonchev–Trinajstić information content (AvgIpc) is 2.91. The lowest BCUT2D eigenvalue weighted by Crippen LogP contribution is -2.13. The highest BCUT2D eigenvalue weighted by atomic mass is 19.1. The van der Waals surface area contributed by atoms with Crippen LogP contribution in [0.2, 0.25) is 0 Å². The zero-order valence-corrected chi connectivity index (χ0v) is 10.2. The first-order valence-corrected chi connectivity index (χ1v) is 5.36. The predicted octanol–water partition coefficient (Wildman–Crippen LogP) is 1.77. The number of benzene rings is 1. The number of carboxylic acids is 1. The van der Waals surface area contributed by atoms with Crippen molar-refractivity contribution in [1.29, 1.82) is 0 Å². The second-order valence-corrected chi connectivity index (χ2v) is 3.68. The topological polar surface area (TPSA) is 102 Å². The number of nitrogens with zero attached hydrogens (tertiary/aromatic N) is 1. The molecular formula is C12H9FN2O5. The zero-order valence-electron chi connectivity index (χ0n) is 10.2. The highest BCUT2D eigenvalue weighted by Crippen LogP contribution is 2.21. The Hall–Kier alpha value is -2.90. The molecule has 20 heavy (non-hydrogen) atoms. The third kappa shape index (κ3) is 2.74. The summed E-state index contributed by atoms with van der Waals surface area (Å²) < 4.78 is 22.8. The van der Waals surface area contributed by atoms with Gasteiger partial charge in [0.1, 0.15) is 11.6 Å². The minimum Gasteiger partial charge on any atom is -0.497 e. The number of ether oxygens (including phenoxy) is 1. The van der Waals surface area contributed by atoms with E-state index in [-0.39, 0.29) is 11.4 Å². The Labute approximate surface area is 111 Å². The van der Waals surface area contributed by atoms with Gasteiger partial charge in [0.25, 0.3) is 5.91 Å². The summed E-state index contributed by atoms with van der Waals surface area (Å²) in [6.07, 6.45) is 0. The van der Waals surface area contributed by atoms with Gasteiger partial charge in [0.15, 0.2) is 5.69 Å². The number of carbonyl (C=O) groups excluding carboxylic acids is 1. The number of nitrogens with one attached hydrogen (secondary N) is 1. The molecule has 0 saturated carbocycles. The van der Waals surface area contributed by atoms with Gasteiger partial charge in [-0.3, -0.25) is 4.79 Å². The molecule has 0 atom stereocenters.